The lowest BCUT2D eigenvalue weighted by Gasteiger charge is -2.26. The summed E-state index contributed by atoms with van der Waals surface area (Å²) in [5.41, 5.74) is 5.49. The molecule has 0 heterocycles. The van der Waals surface area contributed by atoms with Gasteiger partial charge in [0.25, 0.3) is 0 Å². The van der Waals surface area contributed by atoms with Gasteiger partial charge in [-0.25, -0.2) is 0 Å². The van der Waals surface area contributed by atoms with E-state index in [1.807, 2.05) is 0 Å². The Hall–Kier alpha value is -0.900. The number of hydrazine groups is 1. The Morgan fingerprint density at radius 3 is 2.56 bits per heavy atom. The molecule has 0 bridgehead atoms. The largest absolute Gasteiger partial charge is 0.379 e. The van der Waals surface area contributed by atoms with Gasteiger partial charge in [-0.2, -0.15) is 0 Å². The lowest BCUT2D eigenvalue weighted by Crippen LogP contribution is -2.31. The highest BCUT2D eigenvalue weighted by Crippen LogP contribution is 2.26. The number of nitrogens with one attached hydrogen (secondary N) is 1. The maximum absolute atomic E-state index is 5.71. The third-order valence-corrected chi connectivity index (χ3v) is 3.60. The van der Waals surface area contributed by atoms with E-state index in [2.05, 4.69) is 50.5 Å². The molecule has 1 atom stereocenters. The van der Waals surface area contributed by atoms with Gasteiger partial charge in [0.1, 0.15) is 0 Å². The van der Waals surface area contributed by atoms with E-state index in [1.54, 1.807) is 7.11 Å². The van der Waals surface area contributed by atoms with E-state index in [0.29, 0.717) is 0 Å². The molecule has 0 aliphatic rings. The van der Waals surface area contributed by atoms with Crippen molar-refractivity contribution in [3.05, 3.63) is 35.4 Å². The Morgan fingerprint density at radius 1 is 1.33 bits per heavy atom. The van der Waals surface area contributed by atoms with Gasteiger partial charge in [0, 0.05) is 13.2 Å². The number of rotatable bonds is 7. The molecule has 3 heteroatoms. The number of nitrogens with two attached hydrogens (primary N) is 1. The molecule has 1 aromatic carbocycles. The standard InChI is InChI=1S/C15H26N2O/c1-5-12-8-6-7-9-13(12)14(17-16)10-11-15(2,3)18-4/h6-9,14,17H,5,10-11,16H2,1-4H3. The number of methoxy groups -OCH3 is 1. The van der Waals surface area contributed by atoms with Crippen LogP contribution in [-0.2, 0) is 11.2 Å². The molecule has 0 aliphatic carbocycles. The van der Waals surface area contributed by atoms with Crippen LogP contribution in [0.4, 0.5) is 0 Å². The molecule has 0 aliphatic heterocycles. The Bertz CT molecular complexity index is 363. The molecule has 1 aromatic rings. The van der Waals surface area contributed by atoms with Gasteiger partial charge in [-0.1, -0.05) is 31.2 Å². The predicted molar refractivity (Wildman–Crippen MR) is 76.2 cm³/mol. The molecule has 3 nitrogen and oxygen atoms in total. The summed E-state index contributed by atoms with van der Waals surface area (Å²) in [6, 6.07) is 8.66. The topological polar surface area (TPSA) is 47.3 Å². The van der Waals surface area contributed by atoms with Crippen LogP contribution in [0.15, 0.2) is 24.3 Å². The first-order valence-corrected chi connectivity index (χ1v) is 6.63. The summed E-state index contributed by atoms with van der Waals surface area (Å²) in [6.45, 7) is 6.38. The second kappa shape index (κ2) is 6.88. The molecule has 0 aromatic heterocycles. The second-order valence-electron chi connectivity index (χ2n) is 5.27. The lowest BCUT2D eigenvalue weighted by molar-refractivity contribution is 0.0116. The summed E-state index contributed by atoms with van der Waals surface area (Å²) in [4.78, 5) is 0. The van der Waals surface area contributed by atoms with Crippen molar-refractivity contribution in [2.45, 2.75) is 51.7 Å². The molecule has 0 amide bonds. The van der Waals surface area contributed by atoms with Crippen LogP contribution in [0.5, 0.6) is 0 Å². The average molecular weight is 250 g/mol. The average Bonchev–Trinajstić information content (AvgIpc) is 2.40. The molecule has 1 unspecified atom stereocenters. The summed E-state index contributed by atoms with van der Waals surface area (Å²) in [6.07, 6.45) is 2.97. The Labute approximate surface area is 111 Å². The summed E-state index contributed by atoms with van der Waals surface area (Å²) in [5, 5.41) is 0. The van der Waals surface area contributed by atoms with Crippen LogP contribution < -0.4 is 11.3 Å². The summed E-state index contributed by atoms with van der Waals surface area (Å²) < 4.78 is 5.46. The number of benzene rings is 1. The number of hydrogen-bond donors (Lipinski definition) is 2. The zero-order valence-corrected chi connectivity index (χ0v) is 12.0. The molecule has 18 heavy (non-hydrogen) atoms. The number of aryl methyl sites for hydroxylation is 1. The summed E-state index contributed by atoms with van der Waals surface area (Å²) in [7, 11) is 1.75. The Morgan fingerprint density at radius 2 is 2.00 bits per heavy atom. The first-order valence-electron chi connectivity index (χ1n) is 6.63. The van der Waals surface area contributed by atoms with Gasteiger partial charge in [-0.3, -0.25) is 11.3 Å². The molecular formula is C15H26N2O. The molecule has 0 saturated carbocycles. The molecule has 1 rings (SSSR count). The van der Waals surface area contributed by atoms with Crippen molar-refractivity contribution < 1.29 is 4.74 Å². The minimum absolute atomic E-state index is 0.101. The van der Waals surface area contributed by atoms with Crippen LogP contribution >= 0.6 is 0 Å². The normalized spacial score (nSPS) is 13.6. The van der Waals surface area contributed by atoms with Gasteiger partial charge in [-0.15, -0.1) is 0 Å². The Kier molecular flexibility index (Phi) is 5.79. The fraction of sp³-hybridized carbons (Fsp3) is 0.600. The van der Waals surface area contributed by atoms with Crippen molar-refractivity contribution in [1.82, 2.24) is 5.43 Å². The quantitative estimate of drug-likeness (QED) is 0.578. The highest BCUT2D eigenvalue weighted by molar-refractivity contribution is 5.29. The summed E-state index contributed by atoms with van der Waals surface area (Å²) in [5.74, 6) is 5.71. The minimum Gasteiger partial charge on any atom is -0.379 e. The molecule has 0 fully saturated rings. The van der Waals surface area contributed by atoms with Crippen molar-refractivity contribution in [3.8, 4) is 0 Å². The summed E-state index contributed by atoms with van der Waals surface area (Å²) >= 11 is 0. The minimum atomic E-state index is -0.101. The fourth-order valence-electron chi connectivity index (χ4n) is 2.12. The zero-order chi connectivity index (χ0) is 13.6. The van der Waals surface area contributed by atoms with Crippen LogP contribution in [0.25, 0.3) is 0 Å². The first kappa shape index (κ1) is 15.2. The Balaban J connectivity index is 2.77. The highest BCUT2D eigenvalue weighted by atomic mass is 16.5. The molecule has 0 saturated heterocycles. The third-order valence-electron chi connectivity index (χ3n) is 3.60. The maximum Gasteiger partial charge on any atom is 0.0623 e. The van der Waals surface area contributed by atoms with E-state index in [0.717, 1.165) is 19.3 Å². The van der Waals surface area contributed by atoms with Gasteiger partial charge < -0.3 is 4.74 Å². The first-order chi connectivity index (χ1) is 8.54. The van der Waals surface area contributed by atoms with Crippen LogP contribution in [0, 0.1) is 0 Å². The lowest BCUT2D eigenvalue weighted by atomic mass is 9.92. The molecule has 3 N–H and O–H groups in total. The van der Waals surface area contributed by atoms with Crippen LogP contribution in [-0.4, -0.2) is 12.7 Å². The monoisotopic (exact) mass is 250 g/mol. The zero-order valence-electron chi connectivity index (χ0n) is 12.0. The molecule has 0 spiro atoms. The van der Waals surface area contributed by atoms with Crippen LogP contribution in [0.1, 0.15) is 50.8 Å². The van der Waals surface area contributed by atoms with Crippen molar-refractivity contribution in [2.75, 3.05) is 7.11 Å². The number of ether oxygens (including phenoxy) is 1. The van der Waals surface area contributed by atoms with Crippen molar-refractivity contribution in [2.24, 2.45) is 5.84 Å². The van der Waals surface area contributed by atoms with Gasteiger partial charge in [-0.05, 0) is 44.2 Å². The SMILES string of the molecule is CCc1ccccc1C(CCC(C)(C)OC)NN. The van der Waals surface area contributed by atoms with E-state index in [1.165, 1.54) is 11.1 Å². The smallest absolute Gasteiger partial charge is 0.0623 e. The highest BCUT2D eigenvalue weighted by Gasteiger charge is 2.20. The number of hydrogen-bond acceptors (Lipinski definition) is 3. The molecule has 102 valence electrons. The fourth-order valence-corrected chi connectivity index (χ4v) is 2.12. The molecular weight excluding hydrogens is 224 g/mol. The van der Waals surface area contributed by atoms with E-state index >= 15 is 0 Å². The van der Waals surface area contributed by atoms with Crippen LogP contribution in [0.3, 0.4) is 0 Å². The van der Waals surface area contributed by atoms with Gasteiger partial charge in [0.2, 0.25) is 0 Å². The maximum atomic E-state index is 5.71. The van der Waals surface area contributed by atoms with Crippen molar-refractivity contribution in [3.63, 3.8) is 0 Å². The molecule has 0 radical (unpaired) electrons. The van der Waals surface area contributed by atoms with E-state index < -0.39 is 0 Å². The predicted octanol–water partition coefficient (Wildman–Crippen LogP) is 2.96. The van der Waals surface area contributed by atoms with Gasteiger partial charge in [0.15, 0.2) is 0 Å². The van der Waals surface area contributed by atoms with E-state index in [-0.39, 0.29) is 11.6 Å². The van der Waals surface area contributed by atoms with Crippen molar-refractivity contribution in [1.29, 1.82) is 0 Å². The second-order valence-corrected chi connectivity index (χ2v) is 5.27. The third kappa shape index (κ3) is 4.09. The van der Waals surface area contributed by atoms with Gasteiger partial charge in [0.05, 0.1) is 5.60 Å². The van der Waals surface area contributed by atoms with E-state index in [9.17, 15) is 0 Å². The van der Waals surface area contributed by atoms with E-state index in [4.69, 9.17) is 10.6 Å². The van der Waals surface area contributed by atoms with Crippen LogP contribution in [0.2, 0.25) is 0 Å². The van der Waals surface area contributed by atoms with Crippen molar-refractivity contribution >= 4 is 0 Å². The van der Waals surface area contributed by atoms with Gasteiger partial charge >= 0.3 is 0 Å².